The minimum Gasteiger partial charge on any atom is -0.348 e. The highest BCUT2D eigenvalue weighted by molar-refractivity contribution is 5.95. The van der Waals surface area contributed by atoms with E-state index < -0.39 is 30.0 Å². The van der Waals surface area contributed by atoms with Gasteiger partial charge in [-0.3, -0.25) is 9.59 Å². The van der Waals surface area contributed by atoms with Crippen molar-refractivity contribution in [3.63, 3.8) is 0 Å². The standard InChI is InChI=1S/C17H16F4N2O2/c1-9(2)15-11(6-7-13(24)23-15)16(25)22-8-10-4-3-5-12(14(10)18)17(19,20)21/h3-7,9H,8H2,1-2H3,(H,22,25)(H,23,24). The van der Waals surface area contributed by atoms with Crippen molar-refractivity contribution >= 4 is 5.91 Å². The average Bonchev–Trinajstić information content (AvgIpc) is 2.52. The number of hydrogen-bond acceptors (Lipinski definition) is 2. The normalized spacial score (nSPS) is 11.6. The molecule has 0 unspecified atom stereocenters. The molecule has 0 atom stereocenters. The van der Waals surface area contributed by atoms with Crippen molar-refractivity contribution in [2.75, 3.05) is 0 Å². The first-order chi connectivity index (χ1) is 11.6. The Morgan fingerprint density at radius 1 is 1.20 bits per heavy atom. The summed E-state index contributed by atoms with van der Waals surface area (Å²) >= 11 is 0. The summed E-state index contributed by atoms with van der Waals surface area (Å²) in [4.78, 5) is 26.2. The van der Waals surface area contributed by atoms with Gasteiger partial charge in [0.15, 0.2) is 0 Å². The van der Waals surface area contributed by atoms with Gasteiger partial charge in [0, 0.05) is 23.9 Å². The Morgan fingerprint density at radius 2 is 1.88 bits per heavy atom. The number of nitrogens with one attached hydrogen (secondary N) is 2. The maximum Gasteiger partial charge on any atom is 0.419 e. The van der Waals surface area contributed by atoms with E-state index in [9.17, 15) is 27.2 Å². The van der Waals surface area contributed by atoms with E-state index in [1.54, 1.807) is 13.8 Å². The Hall–Kier alpha value is -2.64. The second-order valence-electron chi connectivity index (χ2n) is 5.76. The van der Waals surface area contributed by atoms with Crippen molar-refractivity contribution in [2.24, 2.45) is 0 Å². The van der Waals surface area contributed by atoms with E-state index >= 15 is 0 Å². The second kappa shape index (κ2) is 7.08. The molecule has 0 spiro atoms. The third kappa shape index (κ3) is 4.26. The highest BCUT2D eigenvalue weighted by Crippen LogP contribution is 2.32. The third-order valence-corrected chi connectivity index (χ3v) is 3.59. The number of alkyl halides is 3. The number of rotatable bonds is 4. The number of amides is 1. The molecule has 2 aromatic rings. The summed E-state index contributed by atoms with van der Waals surface area (Å²) in [7, 11) is 0. The fourth-order valence-electron chi connectivity index (χ4n) is 2.35. The lowest BCUT2D eigenvalue weighted by Crippen LogP contribution is -2.27. The minimum absolute atomic E-state index is 0.153. The lowest BCUT2D eigenvalue weighted by molar-refractivity contribution is -0.140. The summed E-state index contributed by atoms with van der Waals surface area (Å²) in [5.41, 5.74) is -1.45. The lowest BCUT2D eigenvalue weighted by atomic mass is 10.0. The van der Waals surface area contributed by atoms with Crippen LogP contribution in [0.4, 0.5) is 17.6 Å². The quantitative estimate of drug-likeness (QED) is 0.823. The molecule has 0 radical (unpaired) electrons. The van der Waals surface area contributed by atoms with Crippen molar-refractivity contribution in [1.82, 2.24) is 10.3 Å². The number of aromatic amines is 1. The van der Waals surface area contributed by atoms with Gasteiger partial charge in [0.25, 0.3) is 5.91 Å². The molecule has 8 heteroatoms. The molecule has 1 amide bonds. The molecule has 1 aromatic carbocycles. The van der Waals surface area contributed by atoms with E-state index in [1.807, 2.05) is 0 Å². The van der Waals surface area contributed by atoms with Gasteiger partial charge in [0.2, 0.25) is 5.56 Å². The number of pyridine rings is 1. The van der Waals surface area contributed by atoms with Gasteiger partial charge >= 0.3 is 6.18 Å². The smallest absolute Gasteiger partial charge is 0.348 e. The van der Waals surface area contributed by atoms with Crippen LogP contribution in [0.5, 0.6) is 0 Å². The zero-order chi connectivity index (χ0) is 18.8. The second-order valence-corrected chi connectivity index (χ2v) is 5.76. The predicted octanol–water partition coefficient (Wildman–Crippen LogP) is 3.59. The molecule has 0 bridgehead atoms. The van der Waals surface area contributed by atoms with Gasteiger partial charge in [-0.2, -0.15) is 13.2 Å². The average molecular weight is 356 g/mol. The number of H-pyrrole nitrogens is 1. The van der Waals surface area contributed by atoms with Gasteiger partial charge in [-0.05, 0) is 18.1 Å². The van der Waals surface area contributed by atoms with Crippen molar-refractivity contribution < 1.29 is 22.4 Å². The van der Waals surface area contributed by atoms with Crippen molar-refractivity contribution in [3.05, 3.63) is 68.9 Å². The Balaban J connectivity index is 2.23. The molecule has 4 nitrogen and oxygen atoms in total. The predicted molar refractivity (Wildman–Crippen MR) is 83.7 cm³/mol. The molecule has 2 rings (SSSR count). The van der Waals surface area contributed by atoms with Crippen molar-refractivity contribution in [1.29, 1.82) is 0 Å². The Morgan fingerprint density at radius 3 is 2.48 bits per heavy atom. The maximum atomic E-state index is 14.0. The Labute approximate surface area is 140 Å². The third-order valence-electron chi connectivity index (χ3n) is 3.59. The minimum atomic E-state index is -4.81. The molecule has 0 aliphatic carbocycles. The van der Waals surface area contributed by atoms with E-state index in [0.29, 0.717) is 11.8 Å². The highest BCUT2D eigenvalue weighted by Gasteiger charge is 2.34. The van der Waals surface area contributed by atoms with Crippen molar-refractivity contribution in [2.45, 2.75) is 32.5 Å². The van der Waals surface area contributed by atoms with Gasteiger partial charge in [0.05, 0.1) is 11.1 Å². The molecule has 1 heterocycles. The number of hydrogen-bond donors (Lipinski definition) is 2. The number of halogens is 4. The van der Waals surface area contributed by atoms with Gasteiger partial charge in [0.1, 0.15) is 5.82 Å². The van der Waals surface area contributed by atoms with E-state index in [4.69, 9.17) is 0 Å². The van der Waals surface area contributed by atoms with E-state index in [-0.39, 0.29) is 22.6 Å². The SMILES string of the molecule is CC(C)c1[nH]c(=O)ccc1C(=O)NCc1cccc(C(F)(F)F)c1F. The topological polar surface area (TPSA) is 62.0 Å². The van der Waals surface area contributed by atoms with E-state index in [2.05, 4.69) is 10.3 Å². The first-order valence-electron chi connectivity index (χ1n) is 7.47. The molecule has 25 heavy (non-hydrogen) atoms. The van der Waals surface area contributed by atoms with Crippen LogP contribution in [-0.2, 0) is 12.7 Å². The largest absolute Gasteiger partial charge is 0.419 e. The van der Waals surface area contributed by atoms with E-state index in [0.717, 1.165) is 6.07 Å². The molecular formula is C17H16F4N2O2. The lowest BCUT2D eigenvalue weighted by Gasteiger charge is -2.14. The molecule has 2 N–H and O–H groups in total. The van der Waals surface area contributed by atoms with Gasteiger partial charge in [-0.15, -0.1) is 0 Å². The van der Waals surface area contributed by atoms with Crippen LogP contribution in [0.25, 0.3) is 0 Å². The van der Waals surface area contributed by atoms with Gasteiger partial charge < -0.3 is 10.3 Å². The number of carbonyl (C=O) groups is 1. The monoisotopic (exact) mass is 356 g/mol. The zero-order valence-corrected chi connectivity index (χ0v) is 13.5. The number of aromatic nitrogens is 1. The van der Waals surface area contributed by atoms with Crippen LogP contribution in [0.3, 0.4) is 0 Å². The van der Waals surface area contributed by atoms with Crippen LogP contribution in [0.2, 0.25) is 0 Å². The number of benzene rings is 1. The highest BCUT2D eigenvalue weighted by atomic mass is 19.4. The van der Waals surface area contributed by atoms with Crippen molar-refractivity contribution in [3.8, 4) is 0 Å². The summed E-state index contributed by atoms with van der Waals surface area (Å²) in [5, 5.41) is 2.38. The summed E-state index contributed by atoms with van der Waals surface area (Å²) in [6, 6.07) is 5.38. The van der Waals surface area contributed by atoms with Crippen LogP contribution in [0.15, 0.2) is 35.1 Å². The number of carbonyl (C=O) groups excluding carboxylic acids is 1. The Kier molecular flexibility index (Phi) is 5.30. The fraction of sp³-hybridized carbons (Fsp3) is 0.294. The summed E-state index contributed by atoms with van der Waals surface area (Å²) in [6.07, 6.45) is -4.81. The Bertz CT molecular complexity index is 841. The molecule has 0 fully saturated rings. The molecular weight excluding hydrogens is 340 g/mol. The maximum absolute atomic E-state index is 14.0. The summed E-state index contributed by atoms with van der Waals surface area (Å²) in [6.45, 7) is 3.13. The fourth-order valence-corrected chi connectivity index (χ4v) is 2.35. The zero-order valence-electron chi connectivity index (χ0n) is 13.5. The van der Waals surface area contributed by atoms with Gasteiger partial charge in [-0.1, -0.05) is 26.0 Å². The molecule has 0 saturated heterocycles. The summed E-state index contributed by atoms with van der Waals surface area (Å²) < 4.78 is 52.1. The molecule has 134 valence electrons. The van der Waals surface area contributed by atoms with Crippen LogP contribution in [0, 0.1) is 5.82 Å². The molecule has 0 saturated carbocycles. The summed E-state index contributed by atoms with van der Waals surface area (Å²) in [5.74, 6) is -2.18. The van der Waals surface area contributed by atoms with Crippen LogP contribution < -0.4 is 10.9 Å². The van der Waals surface area contributed by atoms with Crippen LogP contribution in [0.1, 0.15) is 46.9 Å². The van der Waals surface area contributed by atoms with Crippen LogP contribution in [-0.4, -0.2) is 10.9 Å². The van der Waals surface area contributed by atoms with Crippen LogP contribution >= 0.6 is 0 Å². The molecule has 1 aromatic heterocycles. The van der Waals surface area contributed by atoms with E-state index in [1.165, 1.54) is 18.2 Å². The first kappa shape index (κ1) is 18.7. The van der Waals surface area contributed by atoms with Gasteiger partial charge in [-0.25, -0.2) is 4.39 Å². The molecule has 0 aliphatic rings. The molecule has 0 aliphatic heterocycles. The first-order valence-corrected chi connectivity index (χ1v) is 7.47.